The highest BCUT2D eigenvalue weighted by Gasteiger charge is 2.28. The number of anilines is 1. The minimum Gasteiger partial charge on any atom is -0.444 e. The van der Waals surface area contributed by atoms with Gasteiger partial charge in [0.15, 0.2) is 0 Å². The average molecular weight is 394 g/mol. The van der Waals surface area contributed by atoms with Crippen LogP contribution in [0.5, 0.6) is 0 Å². The summed E-state index contributed by atoms with van der Waals surface area (Å²) >= 11 is 3.41. The molecule has 1 aromatic carbocycles. The van der Waals surface area contributed by atoms with Gasteiger partial charge in [0, 0.05) is 16.2 Å². The Kier molecular flexibility index (Phi) is 6.11. The summed E-state index contributed by atoms with van der Waals surface area (Å²) in [7, 11) is 0. The van der Waals surface area contributed by atoms with Crippen LogP contribution in [-0.2, 0) is 4.74 Å². The third-order valence-corrected chi connectivity index (χ3v) is 4.57. The highest BCUT2D eigenvalue weighted by atomic mass is 79.9. The lowest BCUT2D eigenvalue weighted by atomic mass is 9.90. The lowest BCUT2D eigenvalue weighted by Gasteiger charge is -2.34. The molecule has 1 saturated carbocycles. The number of nitrogens with one attached hydrogen (secondary N) is 2. The van der Waals surface area contributed by atoms with Crippen LogP contribution >= 0.6 is 15.9 Å². The zero-order valence-electron chi connectivity index (χ0n) is 14.4. The third kappa shape index (κ3) is 5.41. The second-order valence-electron chi connectivity index (χ2n) is 7.09. The fourth-order valence-electron chi connectivity index (χ4n) is 2.84. The van der Waals surface area contributed by atoms with E-state index in [1.165, 1.54) is 0 Å². The molecule has 2 atom stereocenters. The molecule has 5 nitrogen and oxygen atoms in total. The molecule has 130 valence electrons. The zero-order valence-corrected chi connectivity index (χ0v) is 15.9. The van der Waals surface area contributed by atoms with Gasteiger partial charge in [-0.05, 0) is 67.7 Å². The van der Waals surface area contributed by atoms with Gasteiger partial charge in [-0.2, -0.15) is 5.26 Å². The molecule has 0 aliphatic heterocycles. The molecule has 6 heteroatoms. The molecule has 1 aliphatic rings. The molecule has 1 aromatic rings. The molecule has 0 bridgehead atoms. The van der Waals surface area contributed by atoms with Crippen LogP contribution in [0.1, 0.15) is 52.0 Å². The van der Waals surface area contributed by atoms with Crippen LogP contribution in [0.25, 0.3) is 0 Å². The van der Waals surface area contributed by atoms with Crippen molar-refractivity contribution >= 4 is 27.7 Å². The van der Waals surface area contributed by atoms with E-state index in [0.29, 0.717) is 5.56 Å². The summed E-state index contributed by atoms with van der Waals surface area (Å²) in [5.41, 5.74) is 1.04. The van der Waals surface area contributed by atoms with E-state index < -0.39 is 5.60 Å². The number of alkyl carbamates (subject to hydrolysis) is 1. The van der Waals surface area contributed by atoms with Crippen molar-refractivity contribution in [3.8, 4) is 6.07 Å². The lowest BCUT2D eigenvalue weighted by molar-refractivity contribution is 0.0488. The van der Waals surface area contributed by atoms with Gasteiger partial charge in [-0.25, -0.2) is 4.79 Å². The Morgan fingerprint density at radius 1 is 1.29 bits per heavy atom. The monoisotopic (exact) mass is 393 g/mol. The topological polar surface area (TPSA) is 74.2 Å². The largest absolute Gasteiger partial charge is 0.444 e. The number of hydrogen-bond acceptors (Lipinski definition) is 4. The van der Waals surface area contributed by atoms with Crippen molar-refractivity contribution in [1.29, 1.82) is 5.26 Å². The quantitative estimate of drug-likeness (QED) is 0.788. The minimum atomic E-state index is -0.500. The van der Waals surface area contributed by atoms with Gasteiger partial charge in [-0.3, -0.25) is 0 Å². The molecule has 1 amide bonds. The summed E-state index contributed by atoms with van der Waals surface area (Å²) < 4.78 is 6.13. The van der Waals surface area contributed by atoms with Crippen molar-refractivity contribution < 1.29 is 9.53 Å². The van der Waals surface area contributed by atoms with E-state index in [1.54, 1.807) is 6.07 Å². The smallest absolute Gasteiger partial charge is 0.407 e. The Morgan fingerprint density at radius 3 is 2.54 bits per heavy atom. The molecule has 1 aliphatic carbocycles. The first-order valence-corrected chi connectivity index (χ1v) is 9.03. The zero-order chi connectivity index (χ0) is 17.7. The molecular weight excluding hydrogens is 370 g/mol. The van der Waals surface area contributed by atoms with Crippen LogP contribution in [0.2, 0.25) is 0 Å². The van der Waals surface area contributed by atoms with Crippen molar-refractivity contribution in [3.05, 3.63) is 28.2 Å². The van der Waals surface area contributed by atoms with Crippen LogP contribution < -0.4 is 10.6 Å². The van der Waals surface area contributed by atoms with Crippen LogP contribution in [0.15, 0.2) is 22.7 Å². The van der Waals surface area contributed by atoms with Crippen LogP contribution in [0.3, 0.4) is 0 Å². The Morgan fingerprint density at radius 2 is 1.96 bits per heavy atom. The molecule has 1 fully saturated rings. The number of benzene rings is 1. The number of rotatable bonds is 3. The summed E-state index contributed by atoms with van der Waals surface area (Å²) in [5, 5.41) is 15.5. The standard InChI is InChI=1S/C18H24BrN3O2/c1-18(2,3)24-17(23)22-16-7-5-4-6-15(16)21-13-9-8-12(11-20)14(19)10-13/h8-10,15-16,21H,4-7H2,1-3H3,(H,22,23)/t15-,16+/m1/s1. The van der Waals surface area contributed by atoms with Gasteiger partial charge in [0.1, 0.15) is 11.7 Å². The van der Waals surface area contributed by atoms with Gasteiger partial charge in [-0.15, -0.1) is 0 Å². The second-order valence-corrected chi connectivity index (χ2v) is 7.95. The van der Waals surface area contributed by atoms with Gasteiger partial charge in [-0.1, -0.05) is 12.8 Å². The molecular formula is C18H24BrN3O2. The van der Waals surface area contributed by atoms with Gasteiger partial charge in [0.05, 0.1) is 11.6 Å². The first kappa shape index (κ1) is 18.6. The van der Waals surface area contributed by atoms with Crippen LogP contribution in [0.4, 0.5) is 10.5 Å². The molecule has 2 N–H and O–H groups in total. The summed E-state index contributed by atoms with van der Waals surface area (Å²) in [6.45, 7) is 5.58. The van der Waals surface area contributed by atoms with Crippen LogP contribution in [-0.4, -0.2) is 23.8 Å². The molecule has 0 unspecified atom stereocenters. The van der Waals surface area contributed by atoms with Crippen molar-refractivity contribution in [3.63, 3.8) is 0 Å². The van der Waals surface area contributed by atoms with E-state index in [2.05, 4.69) is 32.6 Å². The predicted molar refractivity (Wildman–Crippen MR) is 97.9 cm³/mol. The Labute approximate surface area is 151 Å². The number of hydrogen-bond donors (Lipinski definition) is 2. The van der Waals surface area contributed by atoms with E-state index >= 15 is 0 Å². The maximum Gasteiger partial charge on any atom is 0.407 e. The number of ether oxygens (including phenoxy) is 1. The SMILES string of the molecule is CC(C)(C)OC(=O)N[C@H]1CCCC[C@H]1Nc1ccc(C#N)c(Br)c1. The normalized spacial score (nSPS) is 20.8. The van der Waals surface area contributed by atoms with E-state index in [0.717, 1.165) is 35.8 Å². The van der Waals surface area contributed by atoms with Crippen molar-refractivity contribution in [2.75, 3.05) is 5.32 Å². The van der Waals surface area contributed by atoms with Gasteiger partial charge in [0.2, 0.25) is 0 Å². The number of nitrogens with zero attached hydrogens (tertiary/aromatic N) is 1. The fourth-order valence-corrected chi connectivity index (χ4v) is 3.31. The lowest BCUT2D eigenvalue weighted by Crippen LogP contribution is -2.49. The fraction of sp³-hybridized carbons (Fsp3) is 0.556. The molecule has 2 rings (SSSR count). The molecule has 24 heavy (non-hydrogen) atoms. The molecule has 0 heterocycles. The van der Waals surface area contributed by atoms with Gasteiger partial charge in [0.25, 0.3) is 0 Å². The predicted octanol–water partition coefficient (Wildman–Crippen LogP) is 4.57. The van der Waals surface area contributed by atoms with E-state index in [1.807, 2.05) is 32.9 Å². The highest BCUT2D eigenvalue weighted by molar-refractivity contribution is 9.10. The summed E-state index contributed by atoms with van der Waals surface area (Å²) in [6, 6.07) is 7.88. The maximum absolute atomic E-state index is 12.1. The van der Waals surface area contributed by atoms with Gasteiger partial charge < -0.3 is 15.4 Å². The molecule has 0 radical (unpaired) electrons. The van der Waals surface area contributed by atoms with Crippen molar-refractivity contribution in [1.82, 2.24) is 5.32 Å². The third-order valence-electron chi connectivity index (χ3n) is 3.91. The van der Waals surface area contributed by atoms with Crippen molar-refractivity contribution in [2.45, 2.75) is 64.1 Å². The number of amides is 1. The molecule has 0 spiro atoms. The minimum absolute atomic E-state index is 0.0306. The van der Waals surface area contributed by atoms with E-state index in [-0.39, 0.29) is 18.2 Å². The summed E-state index contributed by atoms with van der Waals surface area (Å²) in [5.74, 6) is 0. The summed E-state index contributed by atoms with van der Waals surface area (Å²) in [4.78, 5) is 12.1. The number of carbonyl (C=O) groups excluding carboxylic acids is 1. The Hall–Kier alpha value is -1.74. The molecule has 0 aromatic heterocycles. The van der Waals surface area contributed by atoms with E-state index in [9.17, 15) is 4.79 Å². The second kappa shape index (κ2) is 7.89. The van der Waals surface area contributed by atoms with Crippen molar-refractivity contribution in [2.24, 2.45) is 0 Å². The average Bonchev–Trinajstić information content (AvgIpc) is 2.47. The number of carbonyl (C=O) groups is 1. The van der Waals surface area contributed by atoms with Gasteiger partial charge >= 0.3 is 6.09 Å². The Bertz CT molecular complexity index is 634. The Balaban J connectivity index is 2.03. The first-order chi connectivity index (χ1) is 11.3. The first-order valence-electron chi connectivity index (χ1n) is 8.24. The number of halogens is 1. The number of nitriles is 1. The molecule has 0 saturated heterocycles. The highest BCUT2D eigenvalue weighted by Crippen LogP contribution is 2.26. The van der Waals surface area contributed by atoms with E-state index in [4.69, 9.17) is 10.00 Å². The maximum atomic E-state index is 12.1. The van der Waals surface area contributed by atoms with Crippen LogP contribution in [0, 0.1) is 11.3 Å². The summed E-state index contributed by atoms with van der Waals surface area (Å²) in [6.07, 6.45) is 3.76.